The Bertz CT molecular complexity index is 1410. The maximum atomic E-state index is 13.1. The van der Waals surface area contributed by atoms with Gasteiger partial charge in [-0.05, 0) is 68.9 Å². The fourth-order valence-corrected chi connectivity index (χ4v) is 5.49. The highest BCUT2D eigenvalue weighted by molar-refractivity contribution is 6.06. The summed E-state index contributed by atoms with van der Waals surface area (Å²) in [7, 11) is 3.48. The number of nitrogens with one attached hydrogen (secondary N) is 1. The number of likely N-dealkylation sites (tertiary alicyclic amines) is 1. The Morgan fingerprint density at radius 3 is 2.65 bits per heavy atom. The van der Waals surface area contributed by atoms with Gasteiger partial charge in [0.1, 0.15) is 17.5 Å². The number of rotatable bonds is 5. The van der Waals surface area contributed by atoms with Gasteiger partial charge in [0, 0.05) is 42.2 Å². The van der Waals surface area contributed by atoms with Crippen LogP contribution in [0.4, 0.5) is 5.69 Å². The molecule has 1 aromatic carbocycles. The molecule has 37 heavy (non-hydrogen) atoms. The van der Waals surface area contributed by atoms with Crippen LogP contribution in [0.25, 0.3) is 11.0 Å². The number of nitrogens with zero attached hydrogens (tertiary/aromatic N) is 4. The molecule has 1 atom stereocenters. The summed E-state index contributed by atoms with van der Waals surface area (Å²) in [5.74, 6) is 0.545. The summed E-state index contributed by atoms with van der Waals surface area (Å²) in [6.07, 6.45) is 5.55. The Morgan fingerprint density at radius 2 is 2.03 bits per heavy atom. The van der Waals surface area contributed by atoms with E-state index in [1.165, 1.54) is 18.7 Å². The molecule has 2 aromatic heterocycles. The predicted octanol–water partition coefficient (Wildman–Crippen LogP) is 5.15. The van der Waals surface area contributed by atoms with Crippen LogP contribution in [0.5, 0.6) is 5.75 Å². The summed E-state index contributed by atoms with van der Waals surface area (Å²) in [5, 5.41) is 13.4. The van der Waals surface area contributed by atoms with Crippen LogP contribution < -0.4 is 10.1 Å². The summed E-state index contributed by atoms with van der Waals surface area (Å²) in [5.41, 5.74) is 4.05. The molecule has 8 heteroatoms. The van der Waals surface area contributed by atoms with Crippen LogP contribution in [0.15, 0.2) is 30.6 Å². The van der Waals surface area contributed by atoms with Gasteiger partial charge in [0.15, 0.2) is 0 Å². The first kappa shape index (κ1) is 26.2. The number of carbonyl (C=O) groups excluding carboxylic acids is 2. The minimum absolute atomic E-state index is 0.0269. The quantitative estimate of drug-likeness (QED) is 0.521. The lowest BCUT2D eigenvalue weighted by Crippen LogP contribution is -2.53. The first-order valence-corrected chi connectivity index (χ1v) is 12.6. The summed E-state index contributed by atoms with van der Waals surface area (Å²) >= 11 is 0. The highest BCUT2D eigenvalue weighted by Crippen LogP contribution is 2.42. The molecule has 194 valence electrons. The summed E-state index contributed by atoms with van der Waals surface area (Å²) in [6, 6.07) is 6.85. The van der Waals surface area contributed by atoms with Crippen molar-refractivity contribution in [2.24, 2.45) is 13.0 Å². The van der Waals surface area contributed by atoms with E-state index in [0.29, 0.717) is 29.1 Å². The van der Waals surface area contributed by atoms with Crippen LogP contribution in [0.1, 0.15) is 73.5 Å². The molecule has 3 heterocycles. The Labute approximate surface area is 218 Å². The number of carbonyl (C=O) groups is 2. The van der Waals surface area contributed by atoms with Gasteiger partial charge in [-0.15, -0.1) is 0 Å². The monoisotopic (exact) mass is 501 g/mol. The molecule has 1 unspecified atom stereocenters. The van der Waals surface area contributed by atoms with E-state index in [1.807, 2.05) is 37.3 Å². The smallest absolute Gasteiger partial charge is 0.255 e. The Morgan fingerprint density at radius 1 is 1.30 bits per heavy atom. The van der Waals surface area contributed by atoms with Crippen molar-refractivity contribution < 1.29 is 14.3 Å². The molecule has 1 aliphatic heterocycles. The molecule has 1 N–H and O–H groups in total. The largest absolute Gasteiger partial charge is 0.495 e. The van der Waals surface area contributed by atoms with Gasteiger partial charge in [-0.2, -0.15) is 5.26 Å². The lowest BCUT2D eigenvalue weighted by Gasteiger charge is -2.46. The molecular weight excluding hydrogens is 466 g/mol. The van der Waals surface area contributed by atoms with E-state index in [9.17, 15) is 14.9 Å². The Kier molecular flexibility index (Phi) is 7.00. The maximum Gasteiger partial charge on any atom is 0.255 e. The van der Waals surface area contributed by atoms with Crippen LogP contribution in [0.3, 0.4) is 0 Å². The number of anilines is 1. The molecule has 4 rings (SSSR count). The van der Waals surface area contributed by atoms with Gasteiger partial charge in [0.25, 0.3) is 5.91 Å². The average Bonchev–Trinajstić information content (AvgIpc) is 3.21. The van der Waals surface area contributed by atoms with Gasteiger partial charge in [-0.25, -0.2) is 4.98 Å². The van der Waals surface area contributed by atoms with Gasteiger partial charge >= 0.3 is 0 Å². The zero-order valence-electron chi connectivity index (χ0n) is 22.7. The van der Waals surface area contributed by atoms with Crippen LogP contribution >= 0.6 is 0 Å². The van der Waals surface area contributed by atoms with E-state index in [-0.39, 0.29) is 29.2 Å². The van der Waals surface area contributed by atoms with E-state index in [1.54, 1.807) is 18.3 Å². The van der Waals surface area contributed by atoms with Gasteiger partial charge in [0.05, 0.1) is 24.6 Å². The van der Waals surface area contributed by atoms with Crippen molar-refractivity contribution >= 4 is 28.5 Å². The van der Waals surface area contributed by atoms with E-state index in [2.05, 4.69) is 36.4 Å². The second kappa shape index (κ2) is 9.89. The Hall–Kier alpha value is -3.86. The lowest BCUT2D eigenvalue weighted by atomic mass is 9.78. The predicted molar refractivity (Wildman–Crippen MR) is 144 cm³/mol. The van der Waals surface area contributed by atoms with Crippen molar-refractivity contribution in [1.82, 2.24) is 14.5 Å². The Balaban J connectivity index is 1.66. The third kappa shape index (κ3) is 4.78. The first-order chi connectivity index (χ1) is 17.5. The molecule has 1 fully saturated rings. The summed E-state index contributed by atoms with van der Waals surface area (Å²) in [6.45, 7) is 10.9. The van der Waals surface area contributed by atoms with E-state index in [4.69, 9.17) is 4.74 Å². The van der Waals surface area contributed by atoms with Crippen molar-refractivity contribution in [3.63, 3.8) is 0 Å². The number of hydrogen-bond donors (Lipinski definition) is 1. The average molecular weight is 502 g/mol. The molecule has 0 bridgehead atoms. The van der Waals surface area contributed by atoms with Crippen LogP contribution in [0.2, 0.25) is 0 Å². The number of benzene rings is 1. The van der Waals surface area contributed by atoms with Gasteiger partial charge in [-0.1, -0.05) is 13.8 Å². The second-order valence-corrected chi connectivity index (χ2v) is 10.8. The number of amides is 2. The fraction of sp³-hybridized carbons (Fsp3) is 0.448. The molecule has 0 aliphatic carbocycles. The number of fused-ring (bicyclic) bond motifs is 1. The topological polar surface area (TPSA) is 100 Å². The number of piperidine rings is 1. The molecule has 8 nitrogen and oxygen atoms in total. The van der Waals surface area contributed by atoms with E-state index < -0.39 is 0 Å². The van der Waals surface area contributed by atoms with Crippen molar-refractivity contribution in [3.05, 3.63) is 52.8 Å². The van der Waals surface area contributed by atoms with Crippen molar-refractivity contribution in [3.8, 4) is 11.8 Å². The number of hydrogen-bond acceptors (Lipinski definition) is 5. The van der Waals surface area contributed by atoms with E-state index >= 15 is 0 Å². The molecule has 0 radical (unpaired) electrons. The zero-order chi connectivity index (χ0) is 27.1. The lowest BCUT2D eigenvalue weighted by molar-refractivity contribution is -0.142. The van der Waals surface area contributed by atoms with Gasteiger partial charge < -0.3 is 19.5 Å². The summed E-state index contributed by atoms with van der Waals surface area (Å²) in [4.78, 5) is 32.6. The number of nitriles is 1. The third-order valence-corrected chi connectivity index (χ3v) is 7.48. The van der Waals surface area contributed by atoms with Crippen molar-refractivity contribution in [2.45, 2.75) is 58.9 Å². The number of aromatic nitrogens is 2. The fourth-order valence-electron chi connectivity index (χ4n) is 5.49. The second-order valence-electron chi connectivity index (χ2n) is 10.8. The maximum absolute atomic E-state index is 13.1. The number of ether oxygens (including phenoxy) is 1. The van der Waals surface area contributed by atoms with Crippen LogP contribution in [0, 0.1) is 24.2 Å². The molecule has 1 saturated heterocycles. The van der Waals surface area contributed by atoms with Crippen molar-refractivity contribution in [1.29, 1.82) is 5.26 Å². The number of pyridine rings is 1. The van der Waals surface area contributed by atoms with Crippen LogP contribution in [-0.2, 0) is 11.8 Å². The molecule has 3 aromatic rings. The summed E-state index contributed by atoms with van der Waals surface area (Å²) < 4.78 is 7.22. The van der Waals surface area contributed by atoms with Gasteiger partial charge in [-0.3, -0.25) is 9.59 Å². The normalized spacial score (nSPS) is 17.1. The molecule has 0 spiro atoms. The minimum Gasteiger partial charge on any atom is -0.495 e. The number of aryl methyl sites for hydroxylation is 2. The number of methoxy groups -OCH3 is 1. The van der Waals surface area contributed by atoms with Crippen molar-refractivity contribution in [2.75, 3.05) is 19.0 Å². The molecular formula is C29H35N5O3. The van der Waals surface area contributed by atoms with Crippen LogP contribution in [-0.4, -0.2) is 45.5 Å². The molecule has 1 aliphatic rings. The van der Waals surface area contributed by atoms with Gasteiger partial charge in [0.2, 0.25) is 5.91 Å². The molecule has 0 saturated carbocycles. The first-order valence-electron chi connectivity index (χ1n) is 12.6. The third-order valence-electron chi connectivity index (χ3n) is 7.48. The molecule has 2 amide bonds. The minimum atomic E-state index is -0.317. The highest BCUT2D eigenvalue weighted by atomic mass is 16.5. The van der Waals surface area contributed by atoms with E-state index in [0.717, 1.165) is 29.4 Å². The highest BCUT2D eigenvalue weighted by Gasteiger charge is 2.39. The zero-order valence-corrected chi connectivity index (χ0v) is 22.7. The SMILES string of the molecule is COc1ccc(C(=O)Nc2cnc3c(c(C4CCN(C(=O)C(C)C)C(C)(C)C4)cn3C)c2C)cc1C#N. The standard InChI is InChI=1S/C29H35N5O3/c1-17(2)28(36)34-11-10-20(13-29(34,4)5)22-16-33(6)26-25(22)18(3)23(15-31-26)32-27(35)19-8-9-24(37-7)21(12-19)14-30/h8-9,12,15-17,20H,10-11,13H2,1-7H3,(H,32,35).